The summed E-state index contributed by atoms with van der Waals surface area (Å²) in [7, 11) is 0. The summed E-state index contributed by atoms with van der Waals surface area (Å²) in [5, 5.41) is 20.6. The summed E-state index contributed by atoms with van der Waals surface area (Å²) in [5.41, 5.74) is 7.82. The molecular formula is C45H44N4O6. The number of rotatable bonds is 15. The van der Waals surface area contributed by atoms with Crippen molar-refractivity contribution in [1.29, 1.82) is 0 Å². The van der Waals surface area contributed by atoms with Crippen molar-refractivity contribution in [2.45, 2.75) is 77.4 Å². The summed E-state index contributed by atoms with van der Waals surface area (Å²) in [5.74, 6) is -2.08. The van der Waals surface area contributed by atoms with Gasteiger partial charge in [0.2, 0.25) is 5.91 Å². The molecular weight excluding hydrogens is 693 g/mol. The van der Waals surface area contributed by atoms with Gasteiger partial charge in [0.05, 0.1) is 6.54 Å². The number of hydrogen-bond acceptors (Lipinski definition) is 6. The summed E-state index contributed by atoms with van der Waals surface area (Å²) in [6, 6.07) is 21.2. The normalized spacial score (nSPS) is 15.3. The van der Waals surface area contributed by atoms with E-state index in [2.05, 4.69) is 12.2 Å². The minimum Gasteiger partial charge on any atom is -0.369 e. The van der Waals surface area contributed by atoms with Crippen LogP contribution in [-0.4, -0.2) is 52.6 Å². The molecule has 5 amide bonds. The number of nitrogens with zero attached hydrogens (tertiary/aromatic N) is 2. The molecule has 10 heteroatoms. The van der Waals surface area contributed by atoms with E-state index in [4.69, 9.17) is 5.73 Å². The molecule has 2 aliphatic rings. The Hall–Kier alpha value is -5.87. The molecule has 10 nitrogen and oxygen atoms in total. The Morgan fingerprint density at radius 1 is 0.618 bits per heavy atom. The average molecular weight is 737 g/mol. The van der Waals surface area contributed by atoms with Crippen LogP contribution in [0, 0.1) is 0 Å². The Labute approximate surface area is 318 Å². The molecule has 55 heavy (non-hydrogen) atoms. The Kier molecular flexibility index (Phi) is 9.69. The lowest BCUT2D eigenvalue weighted by molar-refractivity contribution is -0.117. The van der Waals surface area contributed by atoms with Crippen LogP contribution in [0.1, 0.15) is 124 Å². The first kappa shape index (κ1) is 36.1. The van der Waals surface area contributed by atoms with E-state index < -0.39 is 23.9 Å². The Morgan fingerprint density at radius 3 is 1.65 bits per heavy atom. The van der Waals surface area contributed by atoms with Crippen LogP contribution in [0.25, 0.3) is 43.1 Å². The van der Waals surface area contributed by atoms with Gasteiger partial charge in [-0.3, -0.25) is 33.8 Å². The number of unbranched alkanes of at least 4 members (excludes halogenated alkanes) is 9. The van der Waals surface area contributed by atoms with E-state index >= 15 is 0 Å². The lowest BCUT2D eigenvalue weighted by Gasteiger charge is -2.34. The standard InChI is InChI=1S/C45H44N4O6/c1-2-3-4-5-6-7-8-9-10-11-24-48-42(52)32-20-16-28-30-18-22-34-40-35(23-19-31(38(30)40)29-17-21-33(43(48)53)39(32)37(28)29)45(55)49(44(34)54)27-14-12-26(13-15-27)41(51)47-25-36(46)50/h12-23,44,54H,2-11,24-25H2,1H3,(H2,46,50)(H,47,51). The smallest absolute Gasteiger partial charge is 0.261 e. The highest BCUT2D eigenvalue weighted by molar-refractivity contribution is 6.39. The SMILES string of the molecule is CCCCCCCCCCCCN1C(=O)c2ccc3c4ccc5c6c(ccc(c7ccc(c2c37)C1=O)c64)C(O)N(c1ccc(C(=O)NCC(N)=O)cc1)C5=O. The maximum absolute atomic E-state index is 14.2. The lowest BCUT2D eigenvalue weighted by Crippen LogP contribution is -2.40. The Balaban J connectivity index is 1.09. The zero-order chi connectivity index (χ0) is 38.4. The van der Waals surface area contributed by atoms with Crippen molar-refractivity contribution in [2.75, 3.05) is 18.0 Å². The first-order valence-electron chi connectivity index (χ1n) is 19.5. The molecule has 1 unspecified atom stereocenters. The minimum atomic E-state index is -1.31. The summed E-state index contributed by atoms with van der Waals surface area (Å²) in [6.07, 6.45) is 10.4. The van der Waals surface area contributed by atoms with Crippen LogP contribution >= 0.6 is 0 Å². The van der Waals surface area contributed by atoms with Gasteiger partial charge in [-0.05, 0) is 81.2 Å². The zero-order valence-electron chi connectivity index (χ0n) is 31.0. The molecule has 0 bridgehead atoms. The van der Waals surface area contributed by atoms with Gasteiger partial charge >= 0.3 is 0 Å². The summed E-state index contributed by atoms with van der Waals surface area (Å²) >= 11 is 0. The van der Waals surface area contributed by atoms with Crippen molar-refractivity contribution in [3.8, 4) is 0 Å². The van der Waals surface area contributed by atoms with Gasteiger partial charge in [0.1, 0.15) is 0 Å². The molecule has 0 fully saturated rings. The molecule has 0 spiro atoms. The molecule has 0 aliphatic carbocycles. The number of fused-ring (bicyclic) bond motifs is 2. The van der Waals surface area contributed by atoms with Crippen LogP contribution < -0.4 is 16.0 Å². The highest BCUT2D eigenvalue weighted by Gasteiger charge is 2.37. The molecule has 1 atom stereocenters. The number of amides is 5. The largest absolute Gasteiger partial charge is 0.369 e. The highest BCUT2D eigenvalue weighted by Crippen LogP contribution is 2.48. The molecule has 6 aromatic rings. The topological polar surface area (TPSA) is 150 Å². The van der Waals surface area contributed by atoms with Gasteiger partial charge in [-0.15, -0.1) is 0 Å². The number of aliphatic hydroxyl groups excluding tert-OH is 1. The molecule has 8 rings (SSSR count). The third-order valence-electron chi connectivity index (χ3n) is 11.4. The number of nitrogens with two attached hydrogens (primary N) is 1. The van der Waals surface area contributed by atoms with Crippen LogP contribution in [-0.2, 0) is 4.79 Å². The van der Waals surface area contributed by atoms with Crippen LogP contribution in [0.5, 0.6) is 0 Å². The number of carbonyl (C=O) groups is 5. The number of aliphatic hydroxyl groups is 1. The zero-order valence-corrected chi connectivity index (χ0v) is 31.0. The molecule has 6 aromatic carbocycles. The van der Waals surface area contributed by atoms with E-state index in [1.54, 1.807) is 18.2 Å². The van der Waals surface area contributed by atoms with Gasteiger partial charge in [0.15, 0.2) is 6.23 Å². The fourth-order valence-corrected chi connectivity index (χ4v) is 8.69. The fraction of sp³-hybridized carbons (Fsp3) is 0.311. The predicted molar refractivity (Wildman–Crippen MR) is 215 cm³/mol. The second kappa shape index (κ2) is 14.8. The predicted octanol–water partition coefficient (Wildman–Crippen LogP) is 8.12. The van der Waals surface area contributed by atoms with E-state index in [9.17, 15) is 29.1 Å². The first-order valence-corrected chi connectivity index (χ1v) is 19.5. The quantitative estimate of drug-likeness (QED) is 0.0420. The third-order valence-corrected chi connectivity index (χ3v) is 11.4. The molecule has 280 valence electrons. The maximum atomic E-state index is 14.2. The van der Waals surface area contributed by atoms with Crippen molar-refractivity contribution in [2.24, 2.45) is 5.73 Å². The third kappa shape index (κ3) is 6.14. The Morgan fingerprint density at radius 2 is 1.11 bits per heavy atom. The van der Waals surface area contributed by atoms with E-state index in [0.29, 0.717) is 45.3 Å². The van der Waals surface area contributed by atoms with Gasteiger partial charge in [-0.1, -0.05) is 95.0 Å². The van der Waals surface area contributed by atoms with E-state index in [1.165, 1.54) is 66.9 Å². The van der Waals surface area contributed by atoms with Crippen molar-refractivity contribution in [1.82, 2.24) is 10.2 Å². The second-order valence-electron chi connectivity index (χ2n) is 14.9. The van der Waals surface area contributed by atoms with Crippen molar-refractivity contribution in [3.05, 3.63) is 101 Å². The molecule has 2 aliphatic heterocycles. The number of benzene rings is 6. The van der Waals surface area contributed by atoms with E-state index in [0.717, 1.165) is 51.6 Å². The van der Waals surface area contributed by atoms with Gasteiger partial charge in [-0.2, -0.15) is 0 Å². The van der Waals surface area contributed by atoms with Crippen molar-refractivity contribution < 1.29 is 29.1 Å². The van der Waals surface area contributed by atoms with Gasteiger partial charge in [0, 0.05) is 50.8 Å². The average Bonchev–Trinajstić information content (AvgIpc) is 3.19. The number of carbonyl (C=O) groups excluding carboxylic acids is 5. The summed E-state index contributed by atoms with van der Waals surface area (Å²) < 4.78 is 0. The van der Waals surface area contributed by atoms with Gasteiger partial charge < -0.3 is 16.2 Å². The number of anilines is 1. The van der Waals surface area contributed by atoms with Crippen LogP contribution in [0.4, 0.5) is 5.69 Å². The Bertz CT molecular complexity index is 2460. The molecule has 2 heterocycles. The number of imide groups is 1. The molecule has 0 radical (unpaired) electrons. The van der Waals surface area contributed by atoms with Crippen LogP contribution in [0.2, 0.25) is 0 Å². The summed E-state index contributed by atoms with van der Waals surface area (Å²) in [6.45, 7) is 2.33. The molecule has 0 saturated carbocycles. The van der Waals surface area contributed by atoms with E-state index in [-0.39, 0.29) is 23.9 Å². The van der Waals surface area contributed by atoms with Gasteiger partial charge in [0.25, 0.3) is 23.6 Å². The van der Waals surface area contributed by atoms with Crippen molar-refractivity contribution >= 4 is 78.3 Å². The second-order valence-corrected chi connectivity index (χ2v) is 14.9. The molecule has 0 saturated heterocycles. The number of hydrogen-bond donors (Lipinski definition) is 3. The van der Waals surface area contributed by atoms with Crippen LogP contribution in [0.15, 0.2) is 72.8 Å². The molecule has 0 aromatic heterocycles. The van der Waals surface area contributed by atoms with E-state index in [1.807, 2.05) is 42.5 Å². The number of primary amides is 1. The lowest BCUT2D eigenvalue weighted by atomic mass is 9.82. The summed E-state index contributed by atoms with van der Waals surface area (Å²) in [4.78, 5) is 68.2. The molecule has 4 N–H and O–H groups in total. The first-order chi connectivity index (χ1) is 26.7. The highest BCUT2D eigenvalue weighted by atomic mass is 16.3. The maximum Gasteiger partial charge on any atom is 0.261 e. The van der Waals surface area contributed by atoms with Crippen LogP contribution in [0.3, 0.4) is 0 Å². The van der Waals surface area contributed by atoms with Crippen molar-refractivity contribution in [3.63, 3.8) is 0 Å². The minimum absolute atomic E-state index is 0.263. The van der Waals surface area contributed by atoms with Gasteiger partial charge in [-0.25, -0.2) is 0 Å². The monoisotopic (exact) mass is 736 g/mol. The number of nitrogens with one attached hydrogen (secondary N) is 1. The fourth-order valence-electron chi connectivity index (χ4n) is 8.69.